The van der Waals surface area contributed by atoms with Crippen LogP contribution in [0.5, 0.6) is 17.2 Å². The molecular weight excluding hydrogens is 388 g/mol. The monoisotopic (exact) mass is 408 g/mol. The van der Waals surface area contributed by atoms with E-state index < -0.39 is 11.1 Å². The Hall–Kier alpha value is -2.72. The molecule has 0 bridgehead atoms. The molecule has 3 rings (SSSR count). The largest absolute Gasteiger partial charge is 0.502 e. The summed E-state index contributed by atoms with van der Waals surface area (Å²) in [4.78, 5) is 39.9. The number of thioether (sulfide) groups is 1. The minimum atomic E-state index is -0.539. The molecule has 0 aromatic heterocycles. The lowest BCUT2D eigenvalue weighted by Crippen LogP contribution is -2.46. The van der Waals surface area contributed by atoms with Gasteiger partial charge in [0.1, 0.15) is 6.54 Å². The van der Waals surface area contributed by atoms with Gasteiger partial charge in [0.15, 0.2) is 11.5 Å². The molecule has 0 saturated carbocycles. The van der Waals surface area contributed by atoms with E-state index in [0.717, 1.165) is 16.7 Å². The Morgan fingerprint density at radius 2 is 1.82 bits per heavy atom. The number of aromatic hydroxyl groups is 1. The van der Waals surface area contributed by atoms with Crippen molar-refractivity contribution in [2.24, 2.45) is 0 Å². The SMILES string of the molecule is COc1cc(/C=C2\SC(=O)N(CC(=O)N3CCOCC3)C2=O)cc(OC)c1O. The van der Waals surface area contributed by atoms with Crippen LogP contribution in [0.15, 0.2) is 17.0 Å². The molecule has 0 aliphatic carbocycles. The average Bonchev–Trinajstić information content (AvgIpc) is 2.97. The summed E-state index contributed by atoms with van der Waals surface area (Å²) >= 11 is 0.755. The number of carbonyl (C=O) groups is 3. The van der Waals surface area contributed by atoms with E-state index in [1.54, 1.807) is 4.90 Å². The van der Waals surface area contributed by atoms with Gasteiger partial charge in [-0.15, -0.1) is 0 Å². The second-order valence-corrected chi connectivity index (χ2v) is 7.03. The van der Waals surface area contributed by atoms with Crippen molar-refractivity contribution in [3.8, 4) is 17.2 Å². The first-order valence-corrected chi connectivity index (χ1v) is 9.32. The van der Waals surface area contributed by atoms with Gasteiger partial charge in [0.25, 0.3) is 11.1 Å². The molecule has 1 aromatic rings. The highest BCUT2D eigenvalue weighted by Gasteiger charge is 2.37. The molecule has 10 heteroatoms. The highest BCUT2D eigenvalue weighted by Crippen LogP contribution is 2.39. The smallest absolute Gasteiger partial charge is 0.294 e. The van der Waals surface area contributed by atoms with Crippen molar-refractivity contribution in [3.63, 3.8) is 0 Å². The number of rotatable bonds is 5. The maximum atomic E-state index is 12.6. The highest BCUT2D eigenvalue weighted by atomic mass is 32.2. The number of morpholine rings is 1. The molecule has 1 aromatic carbocycles. The van der Waals surface area contributed by atoms with Gasteiger partial charge in [0.2, 0.25) is 11.7 Å². The third-order valence-corrected chi connectivity index (χ3v) is 5.24. The minimum absolute atomic E-state index is 0.161. The number of ether oxygens (including phenoxy) is 3. The molecule has 150 valence electrons. The van der Waals surface area contributed by atoms with Crippen molar-refractivity contribution in [2.75, 3.05) is 47.1 Å². The molecule has 0 unspecified atom stereocenters. The van der Waals surface area contributed by atoms with Crippen LogP contribution < -0.4 is 9.47 Å². The Morgan fingerprint density at radius 3 is 2.39 bits per heavy atom. The van der Waals surface area contributed by atoms with Crippen LogP contribution in [0.3, 0.4) is 0 Å². The molecule has 3 amide bonds. The van der Waals surface area contributed by atoms with Crippen LogP contribution in [-0.4, -0.2) is 79.0 Å². The predicted octanol–water partition coefficient (Wildman–Crippen LogP) is 1.30. The summed E-state index contributed by atoms with van der Waals surface area (Å²) in [6, 6.07) is 3.04. The van der Waals surface area contributed by atoms with Gasteiger partial charge >= 0.3 is 0 Å². The standard InChI is InChI=1S/C18H20N2O7S/c1-25-12-7-11(8-13(26-2)16(12)22)9-14-17(23)20(18(24)28-14)10-15(21)19-3-5-27-6-4-19/h7-9,22H,3-6,10H2,1-2H3/b14-9-. The van der Waals surface area contributed by atoms with E-state index in [2.05, 4.69) is 0 Å². The van der Waals surface area contributed by atoms with E-state index in [1.165, 1.54) is 32.4 Å². The van der Waals surface area contributed by atoms with E-state index in [9.17, 15) is 19.5 Å². The van der Waals surface area contributed by atoms with Gasteiger partial charge in [0.05, 0.1) is 32.3 Å². The first-order chi connectivity index (χ1) is 13.4. The van der Waals surface area contributed by atoms with Gasteiger partial charge in [-0.2, -0.15) is 0 Å². The molecule has 0 spiro atoms. The Bertz CT molecular complexity index is 808. The highest BCUT2D eigenvalue weighted by molar-refractivity contribution is 8.18. The number of nitrogens with zero attached hydrogens (tertiary/aromatic N) is 2. The molecule has 2 fully saturated rings. The molecule has 2 heterocycles. The fourth-order valence-corrected chi connectivity index (χ4v) is 3.67. The first kappa shape index (κ1) is 20.0. The molecule has 2 saturated heterocycles. The summed E-state index contributed by atoms with van der Waals surface area (Å²) in [6.07, 6.45) is 1.49. The number of hydrogen-bond donors (Lipinski definition) is 1. The van der Waals surface area contributed by atoms with Gasteiger partial charge in [-0.05, 0) is 35.5 Å². The van der Waals surface area contributed by atoms with Gasteiger partial charge < -0.3 is 24.2 Å². The third-order valence-electron chi connectivity index (χ3n) is 4.33. The third kappa shape index (κ3) is 4.07. The number of phenols is 1. The van der Waals surface area contributed by atoms with Gasteiger partial charge in [-0.25, -0.2) is 0 Å². The van der Waals surface area contributed by atoms with Crippen molar-refractivity contribution in [1.29, 1.82) is 0 Å². The number of carbonyl (C=O) groups excluding carboxylic acids is 3. The lowest BCUT2D eigenvalue weighted by Gasteiger charge is -2.28. The first-order valence-electron chi connectivity index (χ1n) is 8.50. The lowest BCUT2D eigenvalue weighted by atomic mass is 10.1. The Balaban J connectivity index is 1.78. The van der Waals surface area contributed by atoms with E-state index in [4.69, 9.17) is 14.2 Å². The minimum Gasteiger partial charge on any atom is -0.502 e. The van der Waals surface area contributed by atoms with Crippen molar-refractivity contribution >= 4 is 34.9 Å². The van der Waals surface area contributed by atoms with E-state index >= 15 is 0 Å². The number of hydrogen-bond acceptors (Lipinski definition) is 8. The fraction of sp³-hybridized carbons (Fsp3) is 0.389. The van der Waals surface area contributed by atoms with Crippen molar-refractivity contribution in [2.45, 2.75) is 0 Å². The van der Waals surface area contributed by atoms with Gasteiger partial charge in [-0.3, -0.25) is 19.3 Å². The average molecular weight is 408 g/mol. The Morgan fingerprint density at radius 1 is 1.21 bits per heavy atom. The van der Waals surface area contributed by atoms with Crippen LogP contribution in [0.2, 0.25) is 0 Å². The zero-order chi connectivity index (χ0) is 20.3. The summed E-state index contributed by atoms with van der Waals surface area (Å²) in [5.74, 6) is -0.645. The maximum absolute atomic E-state index is 12.6. The number of imide groups is 1. The van der Waals surface area contributed by atoms with Crippen LogP contribution in [0.25, 0.3) is 6.08 Å². The molecule has 0 radical (unpaired) electrons. The van der Waals surface area contributed by atoms with Gasteiger partial charge in [0, 0.05) is 13.1 Å². The topological polar surface area (TPSA) is 106 Å². The normalized spacial score (nSPS) is 18.7. The second kappa shape index (κ2) is 8.53. The van der Waals surface area contributed by atoms with Crippen molar-refractivity contribution in [1.82, 2.24) is 9.80 Å². The van der Waals surface area contributed by atoms with Crippen LogP contribution >= 0.6 is 11.8 Å². The molecule has 2 aliphatic rings. The number of amides is 3. The fourth-order valence-electron chi connectivity index (χ4n) is 2.83. The summed E-state index contributed by atoms with van der Waals surface area (Å²) < 4.78 is 15.4. The van der Waals surface area contributed by atoms with E-state index in [-0.39, 0.29) is 34.6 Å². The van der Waals surface area contributed by atoms with E-state index in [1.807, 2.05) is 0 Å². The summed E-state index contributed by atoms with van der Waals surface area (Å²) in [5.41, 5.74) is 0.511. The molecule has 0 atom stereocenters. The number of methoxy groups -OCH3 is 2. The molecule has 2 aliphatic heterocycles. The molecule has 9 nitrogen and oxygen atoms in total. The maximum Gasteiger partial charge on any atom is 0.294 e. The van der Waals surface area contributed by atoms with Crippen LogP contribution in [-0.2, 0) is 14.3 Å². The molecule has 28 heavy (non-hydrogen) atoms. The molecular formula is C18H20N2O7S. The zero-order valence-electron chi connectivity index (χ0n) is 15.5. The number of phenolic OH excluding ortho intramolecular Hbond substituents is 1. The summed E-state index contributed by atoms with van der Waals surface area (Å²) in [7, 11) is 2.78. The Labute approximate surface area is 165 Å². The molecule has 1 N–H and O–H groups in total. The van der Waals surface area contributed by atoms with Crippen molar-refractivity contribution in [3.05, 3.63) is 22.6 Å². The van der Waals surface area contributed by atoms with Crippen LogP contribution in [0.4, 0.5) is 4.79 Å². The zero-order valence-corrected chi connectivity index (χ0v) is 16.3. The van der Waals surface area contributed by atoms with Crippen LogP contribution in [0.1, 0.15) is 5.56 Å². The summed E-state index contributed by atoms with van der Waals surface area (Å²) in [5, 5.41) is 9.47. The number of benzene rings is 1. The summed E-state index contributed by atoms with van der Waals surface area (Å²) in [6.45, 7) is 1.47. The van der Waals surface area contributed by atoms with Crippen molar-refractivity contribution < 1.29 is 33.7 Å². The van der Waals surface area contributed by atoms with E-state index in [0.29, 0.717) is 31.9 Å². The second-order valence-electron chi connectivity index (χ2n) is 6.04. The van der Waals surface area contributed by atoms with Gasteiger partial charge in [-0.1, -0.05) is 0 Å². The van der Waals surface area contributed by atoms with Crippen LogP contribution in [0, 0.1) is 0 Å². The quantitative estimate of drug-likeness (QED) is 0.727. The Kier molecular flexibility index (Phi) is 6.10. The predicted molar refractivity (Wildman–Crippen MR) is 101 cm³/mol. The lowest BCUT2D eigenvalue weighted by molar-refractivity contribution is -0.139.